The number of hydrogen-bond acceptors (Lipinski definition) is 1. The van der Waals surface area contributed by atoms with Gasteiger partial charge < -0.3 is 4.74 Å². The molecule has 3 nitrogen and oxygen atoms in total. The number of methoxy groups -OCH3 is 1. The highest BCUT2D eigenvalue weighted by atomic mass is 16.5. The molecule has 0 aliphatic carbocycles. The van der Waals surface area contributed by atoms with Crippen LogP contribution < -0.4 is 4.57 Å². The normalized spacial score (nSPS) is 10.8. The molecule has 0 radical (unpaired) electrons. The Morgan fingerprint density at radius 1 is 1.27 bits per heavy atom. The van der Waals surface area contributed by atoms with E-state index in [9.17, 15) is 0 Å². The average Bonchev–Trinajstić information content (AvgIpc) is 2.67. The molecule has 0 saturated carbocycles. The molecule has 0 spiro atoms. The van der Waals surface area contributed by atoms with E-state index in [4.69, 9.17) is 4.74 Å². The zero-order chi connectivity index (χ0) is 10.9. The molecule has 86 valence electrons. The second-order valence-corrected chi connectivity index (χ2v) is 3.94. The molecule has 0 bridgehead atoms. The molecular weight excluding hydrogens is 188 g/mol. The Balaban J connectivity index is 2.23. The third-order valence-corrected chi connectivity index (χ3v) is 2.53. The van der Waals surface area contributed by atoms with Gasteiger partial charge in [0, 0.05) is 20.1 Å². The SMILES string of the molecule is CCCCCn1cc[n+](CCCOC)c1. The highest BCUT2D eigenvalue weighted by Crippen LogP contribution is 1.97. The summed E-state index contributed by atoms with van der Waals surface area (Å²) in [5.41, 5.74) is 0. The summed E-state index contributed by atoms with van der Waals surface area (Å²) in [6.07, 6.45) is 11.5. The molecule has 3 heteroatoms. The van der Waals surface area contributed by atoms with E-state index in [1.807, 2.05) is 0 Å². The Hall–Kier alpha value is -0.830. The van der Waals surface area contributed by atoms with Crippen LogP contribution in [0.25, 0.3) is 0 Å². The summed E-state index contributed by atoms with van der Waals surface area (Å²) in [4.78, 5) is 0. The Bertz CT molecular complexity index is 233. The molecule has 0 amide bonds. The molecule has 0 aliphatic heterocycles. The van der Waals surface area contributed by atoms with Gasteiger partial charge in [0.25, 0.3) is 0 Å². The lowest BCUT2D eigenvalue weighted by atomic mass is 10.2. The van der Waals surface area contributed by atoms with Crippen LogP contribution in [0.1, 0.15) is 32.6 Å². The van der Waals surface area contributed by atoms with E-state index >= 15 is 0 Å². The number of hydrogen-bond donors (Lipinski definition) is 0. The molecule has 0 unspecified atom stereocenters. The fourth-order valence-electron chi connectivity index (χ4n) is 1.64. The first-order valence-electron chi connectivity index (χ1n) is 5.90. The van der Waals surface area contributed by atoms with Crippen molar-refractivity contribution in [2.45, 2.75) is 45.7 Å². The maximum atomic E-state index is 5.03. The predicted octanol–water partition coefficient (Wildman–Crippen LogP) is 2.00. The van der Waals surface area contributed by atoms with Gasteiger partial charge in [-0.05, 0) is 12.8 Å². The van der Waals surface area contributed by atoms with Crippen LogP contribution >= 0.6 is 0 Å². The molecule has 0 N–H and O–H groups in total. The molecule has 1 aromatic rings. The van der Waals surface area contributed by atoms with E-state index in [1.54, 1.807) is 7.11 Å². The average molecular weight is 211 g/mol. The molecule has 0 fully saturated rings. The summed E-state index contributed by atoms with van der Waals surface area (Å²) in [5.74, 6) is 0. The number of unbranched alkanes of at least 4 members (excludes halogenated alkanes) is 2. The van der Waals surface area contributed by atoms with E-state index in [1.165, 1.54) is 19.3 Å². The van der Waals surface area contributed by atoms with Crippen LogP contribution in [0.4, 0.5) is 0 Å². The predicted molar refractivity (Wildman–Crippen MR) is 60.6 cm³/mol. The molecule has 0 saturated heterocycles. The van der Waals surface area contributed by atoms with Crippen molar-refractivity contribution in [1.82, 2.24) is 4.57 Å². The summed E-state index contributed by atoms with van der Waals surface area (Å²) < 4.78 is 9.52. The van der Waals surface area contributed by atoms with Gasteiger partial charge in [-0.1, -0.05) is 13.3 Å². The molecule has 0 aliphatic rings. The van der Waals surface area contributed by atoms with Crippen molar-refractivity contribution in [2.75, 3.05) is 13.7 Å². The minimum Gasteiger partial charge on any atom is -0.385 e. The van der Waals surface area contributed by atoms with Crippen LogP contribution in [-0.4, -0.2) is 18.3 Å². The van der Waals surface area contributed by atoms with Gasteiger partial charge in [-0.2, -0.15) is 0 Å². The van der Waals surface area contributed by atoms with Crippen LogP contribution in [0.3, 0.4) is 0 Å². The Morgan fingerprint density at radius 2 is 2.13 bits per heavy atom. The highest BCUT2D eigenvalue weighted by Gasteiger charge is 2.02. The van der Waals surface area contributed by atoms with Crippen molar-refractivity contribution in [3.05, 3.63) is 18.7 Å². The molecule has 15 heavy (non-hydrogen) atoms. The van der Waals surface area contributed by atoms with E-state index in [0.29, 0.717) is 0 Å². The molecule has 1 heterocycles. The van der Waals surface area contributed by atoms with Gasteiger partial charge in [0.2, 0.25) is 6.33 Å². The Labute approximate surface area is 92.7 Å². The standard InChI is InChI=1S/C12H23N2O/c1-3-4-5-7-13-9-10-14(12-13)8-6-11-15-2/h9-10,12H,3-8,11H2,1-2H3/q+1. The smallest absolute Gasteiger partial charge is 0.243 e. The van der Waals surface area contributed by atoms with Gasteiger partial charge >= 0.3 is 0 Å². The summed E-state index contributed by atoms with van der Waals surface area (Å²) in [7, 11) is 1.75. The number of nitrogens with zero attached hydrogens (tertiary/aromatic N) is 2. The largest absolute Gasteiger partial charge is 0.385 e. The van der Waals surface area contributed by atoms with Crippen LogP contribution in [0.2, 0.25) is 0 Å². The summed E-state index contributed by atoms with van der Waals surface area (Å²) in [5, 5.41) is 0. The third-order valence-electron chi connectivity index (χ3n) is 2.53. The number of aryl methyl sites for hydroxylation is 2. The van der Waals surface area contributed by atoms with E-state index in [2.05, 4.69) is 34.8 Å². The van der Waals surface area contributed by atoms with Gasteiger partial charge in [-0.15, -0.1) is 0 Å². The number of ether oxygens (including phenoxy) is 1. The van der Waals surface area contributed by atoms with Crippen molar-refractivity contribution in [3.63, 3.8) is 0 Å². The van der Waals surface area contributed by atoms with Crippen molar-refractivity contribution >= 4 is 0 Å². The van der Waals surface area contributed by atoms with Gasteiger partial charge in [0.15, 0.2) is 0 Å². The Kier molecular flexibility index (Phi) is 6.09. The lowest BCUT2D eigenvalue weighted by Crippen LogP contribution is -2.31. The minimum atomic E-state index is 0.841. The topological polar surface area (TPSA) is 18.0 Å². The second-order valence-electron chi connectivity index (χ2n) is 3.94. The Morgan fingerprint density at radius 3 is 2.87 bits per heavy atom. The van der Waals surface area contributed by atoms with Gasteiger partial charge in [0.1, 0.15) is 12.4 Å². The van der Waals surface area contributed by atoms with Crippen LogP contribution in [0.15, 0.2) is 18.7 Å². The van der Waals surface area contributed by atoms with Gasteiger partial charge in [-0.25, -0.2) is 9.13 Å². The van der Waals surface area contributed by atoms with E-state index < -0.39 is 0 Å². The van der Waals surface area contributed by atoms with Crippen LogP contribution in [0.5, 0.6) is 0 Å². The summed E-state index contributed by atoms with van der Waals surface area (Å²) >= 11 is 0. The summed E-state index contributed by atoms with van der Waals surface area (Å²) in [6, 6.07) is 0. The quantitative estimate of drug-likeness (QED) is 0.475. The maximum absolute atomic E-state index is 5.03. The maximum Gasteiger partial charge on any atom is 0.243 e. The third kappa shape index (κ3) is 4.98. The zero-order valence-electron chi connectivity index (χ0n) is 9.98. The fourth-order valence-corrected chi connectivity index (χ4v) is 1.64. The van der Waals surface area contributed by atoms with Gasteiger partial charge in [0.05, 0.1) is 13.1 Å². The highest BCUT2D eigenvalue weighted by molar-refractivity contribution is 4.65. The summed E-state index contributed by atoms with van der Waals surface area (Å²) in [6.45, 7) is 5.27. The molecular formula is C12H23N2O+. The van der Waals surface area contributed by atoms with E-state index in [-0.39, 0.29) is 0 Å². The molecule has 1 rings (SSSR count). The first-order chi connectivity index (χ1) is 7.36. The molecule has 0 aromatic carbocycles. The van der Waals surface area contributed by atoms with Crippen LogP contribution in [-0.2, 0) is 17.8 Å². The van der Waals surface area contributed by atoms with Crippen molar-refractivity contribution < 1.29 is 9.30 Å². The van der Waals surface area contributed by atoms with E-state index in [0.717, 1.165) is 26.1 Å². The first-order valence-corrected chi connectivity index (χ1v) is 5.90. The minimum absolute atomic E-state index is 0.841. The number of rotatable bonds is 8. The zero-order valence-corrected chi connectivity index (χ0v) is 9.98. The lowest BCUT2D eigenvalue weighted by Gasteiger charge is -1.96. The van der Waals surface area contributed by atoms with Crippen molar-refractivity contribution in [2.24, 2.45) is 0 Å². The van der Waals surface area contributed by atoms with Crippen molar-refractivity contribution in [3.8, 4) is 0 Å². The van der Waals surface area contributed by atoms with Crippen LogP contribution in [0, 0.1) is 0 Å². The molecule has 0 atom stereocenters. The van der Waals surface area contributed by atoms with Gasteiger partial charge in [-0.3, -0.25) is 0 Å². The fraction of sp³-hybridized carbons (Fsp3) is 0.750. The second kappa shape index (κ2) is 7.46. The first kappa shape index (κ1) is 12.2. The number of imidazole rings is 1. The lowest BCUT2D eigenvalue weighted by molar-refractivity contribution is -0.697. The monoisotopic (exact) mass is 211 g/mol. The molecule has 1 aromatic heterocycles. The number of aromatic nitrogens is 2. The van der Waals surface area contributed by atoms with Crippen molar-refractivity contribution in [1.29, 1.82) is 0 Å².